The first-order valence-corrected chi connectivity index (χ1v) is 6.47. The van der Waals surface area contributed by atoms with Gasteiger partial charge in [0.25, 0.3) is 0 Å². The summed E-state index contributed by atoms with van der Waals surface area (Å²) in [5.41, 5.74) is 2.53. The Kier molecular flexibility index (Phi) is 3.39. The number of ether oxygens (including phenoxy) is 1. The van der Waals surface area contributed by atoms with Crippen LogP contribution in [0, 0.1) is 0 Å². The van der Waals surface area contributed by atoms with Crippen molar-refractivity contribution >= 4 is 28.6 Å². The van der Waals surface area contributed by atoms with E-state index in [-0.39, 0.29) is 12.4 Å². The molecule has 2 aromatic carbocycles. The van der Waals surface area contributed by atoms with Crippen LogP contribution >= 0.6 is 11.6 Å². The molecule has 5 heteroatoms. The molecule has 20 heavy (non-hydrogen) atoms. The molecule has 0 amide bonds. The predicted molar refractivity (Wildman–Crippen MR) is 76.9 cm³/mol. The number of rotatable bonds is 3. The van der Waals surface area contributed by atoms with Crippen LogP contribution in [0.25, 0.3) is 11.0 Å². The number of aromatic nitrogens is 2. The van der Waals surface area contributed by atoms with Gasteiger partial charge in [0.1, 0.15) is 5.75 Å². The lowest BCUT2D eigenvalue weighted by Gasteiger charge is -2.04. The maximum Gasteiger partial charge on any atom is 0.315 e. The summed E-state index contributed by atoms with van der Waals surface area (Å²) >= 11 is 5.80. The number of hydrogen-bond donors (Lipinski definition) is 1. The van der Waals surface area contributed by atoms with Crippen LogP contribution in [0.15, 0.2) is 48.8 Å². The van der Waals surface area contributed by atoms with Crippen LogP contribution < -0.4 is 4.74 Å². The molecule has 0 bridgehead atoms. The van der Waals surface area contributed by atoms with Gasteiger partial charge in [0.15, 0.2) is 0 Å². The van der Waals surface area contributed by atoms with Crippen molar-refractivity contribution in [3.05, 3.63) is 59.4 Å². The molecular formula is C15H11ClN2O2. The number of carbonyl (C=O) groups is 1. The number of nitrogens with one attached hydrogen (secondary N) is 1. The van der Waals surface area contributed by atoms with E-state index in [4.69, 9.17) is 16.3 Å². The van der Waals surface area contributed by atoms with Crippen molar-refractivity contribution in [3.8, 4) is 5.75 Å². The van der Waals surface area contributed by atoms with Gasteiger partial charge >= 0.3 is 5.97 Å². The Morgan fingerprint density at radius 2 is 2.00 bits per heavy atom. The summed E-state index contributed by atoms with van der Waals surface area (Å²) in [6.45, 7) is 0. The van der Waals surface area contributed by atoms with E-state index in [1.165, 1.54) is 0 Å². The van der Waals surface area contributed by atoms with Gasteiger partial charge in [0.05, 0.1) is 23.8 Å². The van der Waals surface area contributed by atoms with Crippen LogP contribution in [0.1, 0.15) is 5.56 Å². The van der Waals surface area contributed by atoms with Crippen LogP contribution in [-0.2, 0) is 11.2 Å². The largest absolute Gasteiger partial charge is 0.426 e. The summed E-state index contributed by atoms with van der Waals surface area (Å²) < 4.78 is 5.31. The van der Waals surface area contributed by atoms with Gasteiger partial charge in [-0.25, -0.2) is 4.98 Å². The lowest BCUT2D eigenvalue weighted by atomic mass is 10.1. The summed E-state index contributed by atoms with van der Waals surface area (Å²) in [5, 5.41) is 0.645. The van der Waals surface area contributed by atoms with E-state index >= 15 is 0 Å². The molecule has 3 aromatic rings. The highest BCUT2D eigenvalue weighted by Gasteiger charge is 2.07. The fraction of sp³-hybridized carbons (Fsp3) is 0.0667. The van der Waals surface area contributed by atoms with Gasteiger partial charge in [-0.05, 0) is 29.8 Å². The highest BCUT2D eigenvalue weighted by Crippen LogP contribution is 2.18. The first-order valence-electron chi connectivity index (χ1n) is 6.09. The Morgan fingerprint density at radius 1 is 1.20 bits per heavy atom. The standard InChI is InChI=1S/C15H11ClN2O2/c16-11-3-1-10(2-4-11)7-15(19)20-12-5-6-13-14(8-12)18-9-17-13/h1-6,8-9H,7H2,(H,17,18). The summed E-state index contributed by atoms with van der Waals surface area (Å²) in [4.78, 5) is 18.9. The highest BCUT2D eigenvalue weighted by molar-refractivity contribution is 6.30. The number of imidazole rings is 1. The summed E-state index contributed by atoms with van der Waals surface area (Å²) in [6, 6.07) is 12.4. The average molecular weight is 287 g/mol. The maximum atomic E-state index is 11.9. The smallest absolute Gasteiger partial charge is 0.315 e. The maximum absolute atomic E-state index is 11.9. The lowest BCUT2D eigenvalue weighted by Crippen LogP contribution is -2.11. The van der Waals surface area contributed by atoms with Crippen molar-refractivity contribution in [3.63, 3.8) is 0 Å². The third-order valence-electron chi connectivity index (χ3n) is 2.89. The Balaban J connectivity index is 1.70. The first kappa shape index (κ1) is 12.7. The predicted octanol–water partition coefficient (Wildman–Crippen LogP) is 3.36. The minimum Gasteiger partial charge on any atom is -0.426 e. The van der Waals surface area contributed by atoms with Gasteiger partial charge in [-0.2, -0.15) is 0 Å². The van der Waals surface area contributed by atoms with E-state index in [9.17, 15) is 4.79 Å². The van der Waals surface area contributed by atoms with E-state index < -0.39 is 0 Å². The molecule has 0 aliphatic heterocycles. The summed E-state index contributed by atoms with van der Waals surface area (Å²) in [6.07, 6.45) is 1.81. The molecule has 0 aliphatic carbocycles. The van der Waals surface area contributed by atoms with Gasteiger partial charge in [-0.1, -0.05) is 23.7 Å². The number of carbonyl (C=O) groups excluding carboxylic acids is 1. The molecule has 1 heterocycles. The van der Waals surface area contributed by atoms with E-state index in [2.05, 4.69) is 9.97 Å². The molecule has 0 spiro atoms. The van der Waals surface area contributed by atoms with E-state index in [1.54, 1.807) is 36.7 Å². The number of fused-ring (bicyclic) bond motifs is 1. The second-order valence-corrected chi connectivity index (χ2v) is 4.80. The van der Waals surface area contributed by atoms with E-state index in [0.717, 1.165) is 16.6 Å². The number of esters is 1. The third kappa shape index (κ3) is 2.81. The van der Waals surface area contributed by atoms with Crippen LogP contribution in [0.2, 0.25) is 5.02 Å². The number of H-pyrrole nitrogens is 1. The second kappa shape index (κ2) is 5.35. The van der Waals surface area contributed by atoms with Crippen LogP contribution in [0.5, 0.6) is 5.75 Å². The van der Waals surface area contributed by atoms with Crippen LogP contribution in [-0.4, -0.2) is 15.9 Å². The van der Waals surface area contributed by atoms with Crippen LogP contribution in [0.3, 0.4) is 0 Å². The number of benzene rings is 2. The van der Waals surface area contributed by atoms with Crippen LogP contribution in [0.4, 0.5) is 0 Å². The molecule has 4 nitrogen and oxygen atoms in total. The minimum absolute atomic E-state index is 0.207. The van der Waals surface area contributed by atoms with Gasteiger partial charge in [-0.3, -0.25) is 4.79 Å². The van der Waals surface area contributed by atoms with E-state index in [1.807, 2.05) is 12.1 Å². The average Bonchev–Trinajstić information content (AvgIpc) is 2.89. The van der Waals surface area contributed by atoms with Crippen molar-refractivity contribution < 1.29 is 9.53 Å². The minimum atomic E-state index is -0.314. The molecular weight excluding hydrogens is 276 g/mol. The van der Waals surface area contributed by atoms with Crippen molar-refractivity contribution in [2.45, 2.75) is 6.42 Å². The first-order chi connectivity index (χ1) is 9.70. The fourth-order valence-electron chi connectivity index (χ4n) is 1.91. The normalized spacial score (nSPS) is 10.7. The van der Waals surface area contributed by atoms with E-state index in [0.29, 0.717) is 10.8 Å². The summed E-state index contributed by atoms with van der Waals surface area (Å²) in [5.74, 6) is 0.187. The number of halogens is 1. The van der Waals surface area contributed by atoms with Gasteiger partial charge in [0.2, 0.25) is 0 Å². The molecule has 0 saturated heterocycles. The topological polar surface area (TPSA) is 55.0 Å². The van der Waals surface area contributed by atoms with Gasteiger partial charge < -0.3 is 9.72 Å². The molecule has 3 rings (SSSR count). The molecule has 0 atom stereocenters. The van der Waals surface area contributed by atoms with Crippen molar-refractivity contribution in [2.75, 3.05) is 0 Å². The molecule has 0 unspecified atom stereocenters. The Hall–Kier alpha value is -2.33. The zero-order valence-corrected chi connectivity index (χ0v) is 11.2. The zero-order chi connectivity index (χ0) is 13.9. The SMILES string of the molecule is O=C(Cc1ccc(Cl)cc1)Oc1ccc2nc[nH]c2c1. The molecule has 0 aliphatic rings. The molecule has 100 valence electrons. The van der Waals surface area contributed by atoms with Gasteiger partial charge in [-0.15, -0.1) is 0 Å². The molecule has 0 fully saturated rings. The molecule has 0 radical (unpaired) electrons. The quantitative estimate of drug-likeness (QED) is 0.593. The zero-order valence-electron chi connectivity index (χ0n) is 10.5. The highest BCUT2D eigenvalue weighted by atomic mass is 35.5. The second-order valence-electron chi connectivity index (χ2n) is 4.36. The Bertz CT molecular complexity index is 750. The molecule has 0 saturated carbocycles. The van der Waals surface area contributed by atoms with Gasteiger partial charge in [0, 0.05) is 11.1 Å². The molecule has 1 aromatic heterocycles. The number of aromatic amines is 1. The van der Waals surface area contributed by atoms with Crippen molar-refractivity contribution in [1.82, 2.24) is 9.97 Å². The third-order valence-corrected chi connectivity index (χ3v) is 3.14. The number of nitrogens with zero attached hydrogens (tertiary/aromatic N) is 1. The van der Waals surface area contributed by atoms with Crippen molar-refractivity contribution in [1.29, 1.82) is 0 Å². The molecule has 1 N–H and O–H groups in total. The Morgan fingerprint density at radius 3 is 2.80 bits per heavy atom. The summed E-state index contributed by atoms with van der Waals surface area (Å²) in [7, 11) is 0. The number of hydrogen-bond acceptors (Lipinski definition) is 3. The Labute approximate surface area is 120 Å². The monoisotopic (exact) mass is 286 g/mol. The fourth-order valence-corrected chi connectivity index (χ4v) is 2.04. The lowest BCUT2D eigenvalue weighted by molar-refractivity contribution is -0.133. The van der Waals surface area contributed by atoms with Crippen molar-refractivity contribution in [2.24, 2.45) is 0 Å².